The molecule has 10 heteroatoms. The number of aliphatic imine (C=N–C) groups is 1. The number of amides is 1. The summed E-state index contributed by atoms with van der Waals surface area (Å²) in [5.74, 6) is -1.37. The first-order chi connectivity index (χ1) is 16.6. The Hall–Kier alpha value is -3.30. The van der Waals surface area contributed by atoms with Crippen molar-refractivity contribution in [2.75, 3.05) is 0 Å². The monoisotopic (exact) mass is 518 g/mol. The maximum absolute atomic E-state index is 13.3. The molecule has 0 saturated carbocycles. The van der Waals surface area contributed by atoms with Gasteiger partial charge in [-0.1, -0.05) is 53.7 Å². The number of hydrogen-bond donors (Lipinski definition) is 1. The molecule has 1 atom stereocenters. The SMILES string of the molecule is O=C(O)c1ccc(N=C2SC(Cc3cc(C(F)(F)F)ccc3Cl)C(=O)N2Cc2ccccc2)cc1. The van der Waals surface area contributed by atoms with E-state index in [1.807, 2.05) is 30.3 Å². The lowest BCUT2D eigenvalue weighted by Gasteiger charge is -2.17. The van der Waals surface area contributed by atoms with Gasteiger partial charge in [0, 0.05) is 5.02 Å². The minimum absolute atomic E-state index is 0.00544. The minimum Gasteiger partial charge on any atom is -0.478 e. The van der Waals surface area contributed by atoms with E-state index < -0.39 is 23.0 Å². The van der Waals surface area contributed by atoms with Gasteiger partial charge in [-0.25, -0.2) is 9.79 Å². The van der Waals surface area contributed by atoms with Gasteiger partial charge in [-0.3, -0.25) is 9.69 Å². The molecule has 0 bridgehead atoms. The topological polar surface area (TPSA) is 70.0 Å². The largest absolute Gasteiger partial charge is 0.478 e. The summed E-state index contributed by atoms with van der Waals surface area (Å²) in [7, 11) is 0. The summed E-state index contributed by atoms with van der Waals surface area (Å²) in [5.41, 5.74) is 0.788. The van der Waals surface area contributed by atoms with Crippen LogP contribution in [0, 0.1) is 0 Å². The first-order valence-corrected chi connectivity index (χ1v) is 11.7. The molecule has 1 amide bonds. The van der Waals surface area contributed by atoms with Gasteiger partial charge in [0.25, 0.3) is 0 Å². The molecular formula is C25H18ClF3N2O3S. The molecule has 3 aromatic carbocycles. The Kier molecular flexibility index (Phi) is 7.18. The third-order valence-electron chi connectivity index (χ3n) is 5.32. The maximum Gasteiger partial charge on any atom is 0.416 e. The molecule has 0 spiro atoms. The lowest BCUT2D eigenvalue weighted by atomic mass is 10.0. The molecule has 5 nitrogen and oxygen atoms in total. The zero-order valence-corrected chi connectivity index (χ0v) is 19.6. The van der Waals surface area contributed by atoms with Crippen LogP contribution in [-0.4, -0.2) is 32.3 Å². The fourth-order valence-corrected chi connectivity index (χ4v) is 4.91. The van der Waals surface area contributed by atoms with Crippen molar-refractivity contribution in [3.05, 3.63) is 100 Å². The van der Waals surface area contributed by atoms with E-state index in [-0.39, 0.29) is 35.0 Å². The number of thioether (sulfide) groups is 1. The minimum atomic E-state index is -4.53. The molecule has 1 heterocycles. The van der Waals surface area contributed by atoms with Crippen LogP contribution in [0.25, 0.3) is 0 Å². The lowest BCUT2D eigenvalue weighted by molar-refractivity contribution is -0.137. The Morgan fingerprint density at radius 2 is 1.74 bits per heavy atom. The van der Waals surface area contributed by atoms with E-state index in [4.69, 9.17) is 16.7 Å². The van der Waals surface area contributed by atoms with Crippen LogP contribution >= 0.6 is 23.4 Å². The second-order valence-corrected chi connectivity index (χ2v) is 9.35. The molecule has 1 saturated heterocycles. The van der Waals surface area contributed by atoms with Gasteiger partial charge in [-0.15, -0.1) is 0 Å². The first kappa shape index (κ1) is 24.8. The van der Waals surface area contributed by atoms with Gasteiger partial charge in [0.15, 0.2) is 5.17 Å². The molecule has 0 radical (unpaired) electrons. The summed E-state index contributed by atoms with van der Waals surface area (Å²) >= 11 is 7.30. The fourth-order valence-electron chi connectivity index (χ4n) is 3.53. The summed E-state index contributed by atoms with van der Waals surface area (Å²) < 4.78 is 39.6. The van der Waals surface area contributed by atoms with Gasteiger partial charge in [0.2, 0.25) is 5.91 Å². The molecule has 1 fully saturated rings. The van der Waals surface area contributed by atoms with Crippen molar-refractivity contribution in [2.24, 2.45) is 4.99 Å². The van der Waals surface area contributed by atoms with Crippen molar-refractivity contribution in [1.29, 1.82) is 0 Å². The van der Waals surface area contributed by atoms with Crippen LogP contribution in [0.4, 0.5) is 18.9 Å². The third kappa shape index (κ3) is 5.86. The van der Waals surface area contributed by atoms with E-state index in [2.05, 4.69) is 4.99 Å². The number of halogens is 4. The average Bonchev–Trinajstić information content (AvgIpc) is 3.09. The van der Waals surface area contributed by atoms with Gasteiger partial charge >= 0.3 is 12.1 Å². The molecular weight excluding hydrogens is 501 g/mol. The Labute approximate surface area is 208 Å². The summed E-state index contributed by atoms with van der Waals surface area (Å²) in [5, 5.41) is 8.89. The molecule has 1 aliphatic heterocycles. The number of aromatic carboxylic acids is 1. The standard InChI is InChI=1S/C25H18ClF3N2O3S/c26-20-11-8-18(25(27,28)29)12-17(20)13-21-22(32)31(14-15-4-2-1-3-5-15)24(35-21)30-19-9-6-16(7-10-19)23(33)34/h1-12,21H,13-14H2,(H,33,34). The van der Waals surface area contributed by atoms with E-state index in [1.165, 1.54) is 35.2 Å². The van der Waals surface area contributed by atoms with Crippen LogP contribution in [0.15, 0.2) is 77.8 Å². The number of carboxylic acid groups (broad SMARTS) is 1. The number of nitrogens with zero attached hydrogens (tertiary/aromatic N) is 2. The molecule has 35 heavy (non-hydrogen) atoms. The molecule has 1 N–H and O–H groups in total. The normalized spacial score (nSPS) is 17.3. The van der Waals surface area contributed by atoms with E-state index in [0.29, 0.717) is 10.9 Å². The molecule has 4 rings (SSSR count). The predicted molar refractivity (Wildman–Crippen MR) is 129 cm³/mol. The molecule has 0 aliphatic carbocycles. The second-order valence-electron chi connectivity index (χ2n) is 7.77. The third-order valence-corrected chi connectivity index (χ3v) is 6.86. The van der Waals surface area contributed by atoms with Crippen molar-refractivity contribution >= 4 is 46.1 Å². The number of rotatable bonds is 6. The van der Waals surface area contributed by atoms with E-state index in [9.17, 15) is 22.8 Å². The zero-order chi connectivity index (χ0) is 25.2. The van der Waals surface area contributed by atoms with E-state index >= 15 is 0 Å². The molecule has 0 aromatic heterocycles. The van der Waals surface area contributed by atoms with Crippen LogP contribution < -0.4 is 0 Å². The van der Waals surface area contributed by atoms with Gasteiger partial charge in [-0.05, 0) is 60.0 Å². The number of alkyl halides is 3. The molecule has 1 aliphatic rings. The van der Waals surface area contributed by atoms with Crippen LogP contribution in [0.3, 0.4) is 0 Å². The second kappa shape index (κ2) is 10.1. The first-order valence-electron chi connectivity index (χ1n) is 10.4. The Morgan fingerprint density at radius 3 is 2.37 bits per heavy atom. The van der Waals surface area contributed by atoms with Gasteiger partial charge < -0.3 is 5.11 Å². The van der Waals surface area contributed by atoms with Crippen LogP contribution in [0.2, 0.25) is 5.02 Å². The van der Waals surface area contributed by atoms with Crippen molar-refractivity contribution in [1.82, 2.24) is 4.90 Å². The van der Waals surface area contributed by atoms with E-state index in [1.54, 1.807) is 0 Å². The smallest absolute Gasteiger partial charge is 0.416 e. The highest BCUT2D eigenvalue weighted by atomic mass is 35.5. The Balaban J connectivity index is 1.65. The van der Waals surface area contributed by atoms with Crippen LogP contribution in [-0.2, 0) is 23.9 Å². The molecule has 3 aromatic rings. The van der Waals surface area contributed by atoms with Gasteiger partial charge in [0.05, 0.1) is 28.6 Å². The summed E-state index contributed by atoms with van der Waals surface area (Å²) in [6.45, 7) is 0.228. The quantitative estimate of drug-likeness (QED) is 0.408. The number of hydrogen-bond acceptors (Lipinski definition) is 4. The highest BCUT2D eigenvalue weighted by Gasteiger charge is 2.39. The Morgan fingerprint density at radius 1 is 1.06 bits per heavy atom. The summed E-state index contributed by atoms with van der Waals surface area (Å²) in [6.07, 6.45) is -4.53. The fraction of sp³-hybridized carbons (Fsp3) is 0.160. The summed E-state index contributed by atoms with van der Waals surface area (Å²) in [4.78, 5) is 30.5. The number of carboxylic acids is 1. The van der Waals surface area contributed by atoms with Crippen molar-refractivity contribution in [3.8, 4) is 0 Å². The van der Waals surface area contributed by atoms with Crippen LogP contribution in [0.5, 0.6) is 0 Å². The highest BCUT2D eigenvalue weighted by Crippen LogP contribution is 2.36. The Bertz CT molecular complexity index is 1280. The number of amidine groups is 1. The average molecular weight is 519 g/mol. The predicted octanol–water partition coefficient (Wildman–Crippen LogP) is 6.43. The van der Waals surface area contributed by atoms with Crippen molar-refractivity contribution in [2.45, 2.75) is 24.4 Å². The van der Waals surface area contributed by atoms with E-state index in [0.717, 1.165) is 29.5 Å². The van der Waals surface area contributed by atoms with Crippen molar-refractivity contribution in [3.63, 3.8) is 0 Å². The number of carbonyl (C=O) groups excluding carboxylic acids is 1. The van der Waals surface area contributed by atoms with Crippen LogP contribution in [0.1, 0.15) is 27.0 Å². The van der Waals surface area contributed by atoms with Crippen molar-refractivity contribution < 1.29 is 27.9 Å². The summed E-state index contributed by atoms with van der Waals surface area (Å²) in [6, 6.07) is 18.2. The highest BCUT2D eigenvalue weighted by molar-refractivity contribution is 8.15. The number of benzene rings is 3. The van der Waals surface area contributed by atoms with Gasteiger partial charge in [0.1, 0.15) is 0 Å². The molecule has 180 valence electrons. The number of carbonyl (C=O) groups is 2. The zero-order valence-electron chi connectivity index (χ0n) is 18.0. The lowest BCUT2D eigenvalue weighted by Crippen LogP contribution is -2.32. The molecule has 1 unspecified atom stereocenters. The van der Waals surface area contributed by atoms with Gasteiger partial charge in [-0.2, -0.15) is 13.2 Å². The maximum atomic E-state index is 13.3.